The Morgan fingerprint density at radius 2 is 2.08 bits per heavy atom. The summed E-state index contributed by atoms with van der Waals surface area (Å²) < 4.78 is 1.12. The van der Waals surface area contributed by atoms with Gasteiger partial charge in [0.2, 0.25) is 5.91 Å². The molecule has 136 valence electrons. The molecular formula is C17H26BrCl2N3O. The van der Waals surface area contributed by atoms with Crippen LogP contribution in [0, 0.1) is 5.92 Å². The Labute approximate surface area is 165 Å². The number of anilines is 1. The van der Waals surface area contributed by atoms with Gasteiger partial charge in [0, 0.05) is 30.0 Å². The molecule has 24 heavy (non-hydrogen) atoms. The summed E-state index contributed by atoms with van der Waals surface area (Å²) in [7, 11) is 0. The van der Waals surface area contributed by atoms with Crippen molar-refractivity contribution in [2.75, 3.05) is 31.1 Å². The van der Waals surface area contributed by atoms with Crippen molar-refractivity contribution in [3.05, 3.63) is 28.7 Å². The molecule has 2 fully saturated rings. The lowest BCUT2D eigenvalue weighted by Crippen LogP contribution is -2.37. The van der Waals surface area contributed by atoms with Crippen LogP contribution >= 0.6 is 40.7 Å². The van der Waals surface area contributed by atoms with E-state index in [2.05, 4.69) is 49.7 Å². The normalized spacial score (nSPS) is 22.6. The Balaban J connectivity index is 0.00000144. The van der Waals surface area contributed by atoms with Gasteiger partial charge in [-0.2, -0.15) is 0 Å². The van der Waals surface area contributed by atoms with Gasteiger partial charge in [-0.1, -0.05) is 12.1 Å². The predicted octanol–water partition coefficient (Wildman–Crippen LogP) is 3.38. The van der Waals surface area contributed by atoms with Crippen molar-refractivity contribution >= 4 is 52.3 Å². The highest BCUT2D eigenvalue weighted by Crippen LogP contribution is 2.28. The second-order valence-corrected chi connectivity index (χ2v) is 7.20. The van der Waals surface area contributed by atoms with Gasteiger partial charge in [-0.3, -0.25) is 4.79 Å². The lowest BCUT2D eigenvalue weighted by atomic mass is 10.0. The average Bonchev–Trinajstić information content (AvgIpc) is 3.17. The van der Waals surface area contributed by atoms with Crippen LogP contribution in [0.25, 0.3) is 0 Å². The molecule has 1 aromatic carbocycles. The zero-order valence-electron chi connectivity index (χ0n) is 13.7. The number of amides is 1. The van der Waals surface area contributed by atoms with Gasteiger partial charge in [0.1, 0.15) is 0 Å². The van der Waals surface area contributed by atoms with Crippen molar-refractivity contribution in [2.45, 2.75) is 31.7 Å². The Hall–Kier alpha value is -0.490. The van der Waals surface area contributed by atoms with E-state index >= 15 is 0 Å². The molecular weight excluding hydrogens is 413 g/mol. The summed E-state index contributed by atoms with van der Waals surface area (Å²) in [6, 6.07) is 8.56. The monoisotopic (exact) mass is 437 g/mol. The molecule has 0 saturated carbocycles. The second-order valence-electron chi connectivity index (χ2n) is 6.35. The largest absolute Gasteiger partial charge is 0.368 e. The van der Waals surface area contributed by atoms with Crippen LogP contribution in [-0.2, 0) is 4.79 Å². The van der Waals surface area contributed by atoms with Crippen molar-refractivity contribution in [1.82, 2.24) is 10.6 Å². The number of para-hydroxylation sites is 1. The van der Waals surface area contributed by atoms with Gasteiger partial charge in [0.15, 0.2) is 0 Å². The van der Waals surface area contributed by atoms with Crippen LogP contribution in [-0.4, -0.2) is 38.1 Å². The summed E-state index contributed by atoms with van der Waals surface area (Å²) in [5.74, 6) is 0.900. The summed E-state index contributed by atoms with van der Waals surface area (Å²) in [5, 5.41) is 6.56. The molecule has 0 bridgehead atoms. The van der Waals surface area contributed by atoms with Crippen molar-refractivity contribution in [3.8, 4) is 0 Å². The molecule has 0 spiro atoms. The maximum Gasteiger partial charge on any atom is 0.220 e. The number of carbonyl (C=O) groups excluding carboxylic acids is 1. The van der Waals surface area contributed by atoms with E-state index in [-0.39, 0.29) is 36.8 Å². The highest BCUT2D eigenvalue weighted by molar-refractivity contribution is 9.10. The van der Waals surface area contributed by atoms with Gasteiger partial charge in [-0.25, -0.2) is 0 Å². The first-order valence-corrected chi connectivity index (χ1v) is 9.01. The molecule has 2 N–H and O–H groups in total. The first-order chi connectivity index (χ1) is 10.7. The molecule has 2 heterocycles. The number of halogens is 3. The number of rotatable bonds is 5. The third-order valence-corrected chi connectivity index (χ3v) is 5.36. The van der Waals surface area contributed by atoms with Gasteiger partial charge in [-0.05, 0) is 66.3 Å². The fraction of sp³-hybridized carbons (Fsp3) is 0.588. The number of carbonyl (C=O) groups is 1. The quantitative estimate of drug-likeness (QED) is 0.740. The molecule has 7 heteroatoms. The molecule has 4 nitrogen and oxygen atoms in total. The summed E-state index contributed by atoms with van der Waals surface area (Å²) in [5.41, 5.74) is 1.22. The minimum atomic E-state index is 0. The van der Waals surface area contributed by atoms with Crippen LogP contribution in [0.2, 0.25) is 0 Å². The van der Waals surface area contributed by atoms with E-state index in [1.807, 2.05) is 6.07 Å². The SMILES string of the molecule is Cl.Cl.O=C(CCC1CCNC1)NC1CCN(c2ccccc2Br)C1. The fourth-order valence-electron chi connectivity index (χ4n) is 3.40. The van der Waals surface area contributed by atoms with E-state index < -0.39 is 0 Å². The molecule has 1 aromatic rings. The first-order valence-electron chi connectivity index (χ1n) is 8.22. The number of nitrogens with one attached hydrogen (secondary N) is 2. The first kappa shape index (κ1) is 21.6. The Bertz CT molecular complexity index is 526. The zero-order chi connectivity index (χ0) is 15.4. The van der Waals surface area contributed by atoms with Crippen molar-refractivity contribution in [3.63, 3.8) is 0 Å². The number of nitrogens with zero attached hydrogens (tertiary/aromatic N) is 1. The highest BCUT2D eigenvalue weighted by Gasteiger charge is 2.25. The fourth-order valence-corrected chi connectivity index (χ4v) is 3.94. The molecule has 0 radical (unpaired) electrons. The van der Waals surface area contributed by atoms with Crippen molar-refractivity contribution in [1.29, 1.82) is 0 Å². The highest BCUT2D eigenvalue weighted by atomic mass is 79.9. The molecule has 2 aliphatic heterocycles. The van der Waals surface area contributed by atoms with Crippen LogP contribution in [0.3, 0.4) is 0 Å². The third-order valence-electron chi connectivity index (χ3n) is 4.69. The van der Waals surface area contributed by atoms with E-state index in [9.17, 15) is 4.79 Å². The third kappa shape index (κ3) is 5.80. The van der Waals surface area contributed by atoms with Gasteiger partial charge < -0.3 is 15.5 Å². The minimum Gasteiger partial charge on any atom is -0.368 e. The summed E-state index contributed by atoms with van der Waals surface area (Å²) in [6.45, 7) is 4.09. The number of hydrogen-bond donors (Lipinski definition) is 2. The maximum absolute atomic E-state index is 12.1. The van der Waals surface area contributed by atoms with E-state index in [1.165, 1.54) is 12.1 Å². The van der Waals surface area contributed by atoms with E-state index in [1.54, 1.807) is 0 Å². The van der Waals surface area contributed by atoms with Crippen molar-refractivity contribution < 1.29 is 4.79 Å². The van der Waals surface area contributed by atoms with Gasteiger partial charge in [0.25, 0.3) is 0 Å². The molecule has 1 amide bonds. The van der Waals surface area contributed by atoms with Crippen LogP contribution < -0.4 is 15.5 Å². The Morgan fingerprint density at radius 1 is 1.29 bits per heavy atom. The molecule has 2 aliphatic rings. The molecule has 2 atom stereocenters. The summed E-state index contributed by atoms with van der Waals surface area (Å²) in [6.07, 6.45) is 3.92. The molecule has 0 aromatic heterocycles. The standard InChI is InChI=1S/C17H24BrN3O.2ClH/c18-15-3-1-2-4-16(15)21-10-8-14(12-21)20-17(22)6-5-13-7-9-19-11-13;;/h1-4,13-14,19H,5-12H2,(H,20,22);2*1H. The van der Waals surface area contributed by atoms with Crippen LogP contribution in [0.4, 0.5) is 5.69 Å². The topological polar surface area (TPSA) is 44.4 Å². The lowest BCUT2D eigenvalue weighted by Gasteiger charge is -2.20. The Kier molecular flexibility index (Phi) is 9.42. The predicted molar refractivity (Wildman–Crippen MR) is 108 cm³/mol. The maximum atomic E-state index is 12.1. The van der Waals surface area contributed by atoms with Crippen LogP contribution in [0.1, 0.15) is 25.7 Å². The molecule has 2 saturated heterocycles. The van der Waals surface area contributed by atoms with E-state index in [4.69, 9.17) is 0 Å². The Morgan fingerprint density at radius 3 is 2.79 bits per heavy atom. The van der Waals surface area contributed by atoms with Crippen LogP contribution in [0.15, 0.2) is 28.7 Å². The minimum absolute atomic E-state index is 0. The number of hydrogen-bond acceptors (Lipinski definition) is 3. The van der Waals surface area contributed by atoms with Gasteiger partial charge in [0.05, 0.1) is 5.69 Å². The summed E-state index contributed by atoms with van der Waals surface area (Å²) in [4.78, 5) is 14.4. The molecule has 2 unspecified atom stereocenters. The van der Waals surface area contributed by atoms with Gasteiger partial charge in [-0.15, -0.1) is 24.8 Å². The molecule has 0 aliphatic carbocycles. The van der Waals surface area contributed by atoms with E-state index in [0.29, 0.717) is 12.3 Å². The molecule has 3 rings (SSSR count). The number of benzene rings is 1. The van der Waals surface area contributed by atoms with Crippen LogP contribution in [0.5, 0.6) is 0 Å². The van der Waals surface area contributed by atoms with E-state index in [0.717, 1.165) is 43.5 Å². The van der Waals surface area contributed by atoms with Gasteiger partial charge >= 0.3 is 0 Å². The lowest BCUT2D eigenvalue weighted by molar-refractivity contribution is -0.121. The smallest absolute Gasteiger partial charge is 0.220 e. The zero-order valence-corrected chi connectivity index (χ0v) is 16.9. The summed E-state index contributed by atoms with van der Waals surface area (Å²) >= 11 is 3.60. The average molecular weight is 439 g/mol. The second kappa shape index (κ2) is 10.5. The van der Waals surface area contributed by atoms with Crippen molar-refractivity contribution in [2.24, 2.45) is 5.92 Å².